The first-order valence-corrected chi connectivity index (χ1v) is 12.7. The van der Waals surface area contributed by atoms with Crippen molar-refractivity contribution in [2.45, 2.75) is 24.2 Å². The van der Waals surface area contributed by atoms with Gasteiger partial charge >= 0.3 is 98.4 Å². The molecule has 0 fully saturated rings. The Bertz CT molecular complexity index is 312. The molecule has 0 radical (unpaired) electrons. The molecule has 16 heavy (non-hydrogen) atoms. The van der Waals surface area contributed by atoms with Crippen LogP contribution in [0.3, 0.4) is 0 Å². The van der Waals surface area contributed by atoms with E-state index >= 15 is 0 Å². The summed E-state index contributed by atoms with van der Waals surface area (Å²) in [6.07, 6.45) is 2.11. The molecule has 4 nitrogen and oxygen atoms in total. The SMILES string of the molecule is C=C(C)C(=O)OC=CC(=O)O[CH2][Ge]([CH3])([CH3])[CH3]. The molecule has 0 unspecified atom stereocenters. The second-order valence-corrected chi connectivity index (χ2v) is 16.0. The molecule has 90 valence electrons. The fourth-order valence-electron chi connectivity index (χ4n) is 0.588. The topological polar surface area (TPSA) is 52.6 Å². The van der Waals surface area contributed by atoms with Crippen LogP contribution in [0.15, 0.2) is 24.5 Å². The Labute approximate surface area is 98.7 Å². The molecule has 0 aliphatic rings. The molecule has 0 atom stereocenters. The fraction of sp³-hybridized carbons (Fsp3) is 0.455. The number of carbonyl (C=O) groups is 2. The Hall–Kier alpha value is -1.04. The van der Waals surface area contributed by atoms with Gasteiger partial charge in [0.1, 0.15) is 0 Å². The maximum absolute atomic E-state index is 11.1. The van der Waals surface area contributed by atoms with E-state index in [-0.39, 0.29) is 5.57 Å². The van der Waals surface area contributed by atoms with E-state index < -0.39 is 25.2 Å². The van der Waals surface area contributed by atoms with Crippen LogP contribution in [0.5, 0.6) is 0 Å². The number of esters is 2. The molecular weight excluding hydrogens is 269 g/mol. The van der Waals surface area contributed by atoms with Gasteiger partial charge in [0, 0.05) is 0 Å². The Balaban J connectivity index is 3.93. The van der Waals surface area contributed by atoms with Crippen LogP contribution in [0.4, 0.5) is 0 Å². The molecule has 0 saturated heterocycles. The number of carbonyl (C=O) groups excluding carboxylic acids is 2. The minimum atomic E-state index is -1.86. The number of hydrogen-bond acceptors (Lipinski definition) is 4. The van der Waals surface area contributed by atoms with Crippen molar-refractivity contribution in [2.24, 2.45) is 0 Å². The van der Waals surface area contributed by atoms with Crippen LogP contribution >= 0.6 is 0 Å². The molecule has 0 aliphatic heterocycles. The third kappa shape index (κ3) is 8.29. The molecule has 0 saturated carbocycles. The zero-order chi connectivity index (χ0) is 12.8. The van der Waals surface area contributed by atoms with Crippen LogP contribution in [0, 0.1) is 0 Å². The Morgan fingerprint density at radius 1 is 1.31 bits per heavy atom. The first-order chi connectivity index (χ1) is 7.22. The summed E-state index contributed by atoms with van der Waals surface area (Å²) in [4.78, 5) is 22.1. The van der Waals surface area contributed by atoms with Crippen LogP contribution in [0.25, 0.3) is 0 Å². The number of hydrogen-bond donors (Lipinski definition) is 0. The quantitative estimate of drug-likeness (QED) is 0.336. The third-order valence-corrected chi connectivity index (χ3v) is 3.49. The Kier molecular flexibility index (Phi) is 6.10. The molecule has 0 aromatic carbocycles. The standard InChI is InChI=1S/C11H18GeO4/c1-9(2)11(14)15-7-6-10(13)16-8-12(3,4)5/h6-7H,1,8H2,2-5H3. The maximum atomic E-state index is 11.1. The van der Waals surface area contributed by atoms with E-state index in [1.165, 1.54) is 6.92 Å². The van der Waals surface area contributed by atoms with Gasteiger partial charge in [-0.15, -0.1) is 0 Å². The van der Waals surface area contributed by atoms with Crippen LogP contribution in [-0.2, 0) is 19.1 Å². The molecule has 0 N–H and O–H groups in total. The van der Waals surface area contributed by atoms with E-state index in [4.69, 9.17) is 4.74 Å². The van der Waals surface area contributed by atoms with E-state index in [0.29, 0.717) is 5.44 Å². The predicted molar refractivity (Wildman–Crippen MR) is 64.4 cm³/mol. The number of ether oxygens (including phenoxy) is 2. The number of rotatable bonds is 5. The normalized spacial score (nSPS) is 11.2. The molecule has 0 heterocycles. The zero-order valence-electron chi connectivity index (χ0n) is 10.2. The van der Waals surface area contributed by atoms with Crippen LogP contribution in [0.2, 0.25) is 17.3 Å². The summed E-state index contributed by atoms with van der Waals surface area (Å²) in [5.41, 5.74) is 0.778. The fourth-order valence-corrected chi connectivity index (χ4v) is 1.79. The van der Waals surface area contributed by atoms with Crippen molar-refractivity contribution in [1.29, 1.82) is 0 Å². The van der Waals surface area contributed by atoms with Crippen molar-refractivity contribution in [3.63, 3.8) is 0 Å². The second kappa shape index (κ2) is 6.52. The Morgan fingerprint density at radius 3 is 2.31 bits per heavy atom. The van der Waals surface area contributed by atoms with Crippen molar-refractivity contribution in [3.8, 4) is 0 Å². The van der Waals surface area contributed by atoms with Crippen molar-refractivity contribution in [2.75, 3.05) is 5.44 Å². The average molecular weight is 287 g/mol. The van der Waals surface area contributed by atoms with Crippen molar-refractivity contribution in [3.05, 3.63) is 24.5 Å². The third-order valence-electron chi connectivity index (χ3n) is 1.38. The summed E-state index contributed by atoms with van der Waals surface area (Å²) < 4.78 is 9.59. The molecule has 0 aromatic heterocycles. The summed E-state index contributed by atoms with van der Waals surface area (Å²) >= 11 is -1.86. The minimum absolute atomic E-state index is 0.280. The monoisotopic (exact) mass is 288 g/mol. The molecule has 0 rings (SSSR count). The summed E-state index contributed by atoms with van der Waals surface area (Å²) in [5, 5.41) is 0. The molecule has 0 spiro atoms. The molecule has 0 aromatic rings. The van der Waals surface area contributed by atoms with E-state index in [1.54, 1.807) is 0 Å². The van der Waals surface area contributed by atoms with Crippen molar-refractivity contribution in [1.82, 2.24) is 0 Å². The molecule has 5 heteroatoms. The molecule has 0 bridgehead atoms. The van der Waals surface area contributed by atoms with Gasteiger partial charge in [0.15, 0.2) is 0 Å². The van der Waals surface area contributed by atoms with Crippen molar-refractivity contribution < 1.29 is 19.1 Å². The van der Waals surface area contributed by atoms with E-state index in [1.807, 2.05) is 0 Å². The van der Waals surface area contributed by atoms with Crippen molar-refractivity contribution >= 4 is 25.2 Å². The molecule has 0 amide bonds. The summed E-state index contributed by atoms with van der Waals surface area (Å²) in [6, 6.07) is 0. The first kappa shape index (κ1) is 15.0. The van der Waals surface area contributed by atoms with E-state index in [9.17, 15) is 9.59 Å². The molecular formula is C11H18GeO4. The van der Waals surface area contributed by atoms with Gasteiger partial charge in [-0.1, -0.05) is 0 Å². The van der Waals surface area contributed by atoms with Crippen LogP contribution in [-0.4, -0.2) is 30.6 Å². The van der Waals surface area contributed by atoms with E-state index in [0.717, 1.165) is 12.3 Å². The predicted octanol–water partition coefficient (Wildman–Crippen LogP) is 2.04. The van der Waals surface area contributed by atoms with Gasteiger partial charge in [0.25, 0.3) is 0 Å². The van der Waals surface area contributed by atoms with Crippen LogP contribution in [0.1, 0.15) is 6.92 Å². The zero-order valence-corrected chi connectivity index (χ0v) is 12.3. The van der Waals surface area contributed by atoms with Gasteiger partial charge in [-0.25, -0.2) is 0 Å². The average Bonchev–Trinajstić information content (AvgIpc) is 2.13. The van der Waals surface area contributed by atoms with Gasteiger partial charge in [-0.2, -0.15) is 0 Å². The Morgan fingerprint density at radius 2 is 1.88 bits per heavy atom. The summed E-state index contributed by atoms with van der Waals surface area (Å²) in [6.45, 7) is 4.93. The van der Waals surface area contributed by atoms with Gasteiger partial charge in [-0.3, -0.25) is 0 Å². The van der Waals surface area contributed by atoms with E-state index in [2.05, 4.69) is 28.6 Å². The van der Waals surface area contributed by atoms with Gasteiger partial charge in [0.2, 0.25) is 0 Å². The summed E-state index contributed by atoms with van der Waals surface area (Å²) in [5.74, 6) is 5.36. The van der Waals surface area contributed by atoms with Gasteiger partial charge in [-0.05, 0) is 0 Å². The van der Waals surface area contributed by atoms with Gasteiger partial charge in [0.05, 0.1) is 0 Å². The van der Waals surface area contributed by atoms with Gasteiger partial charge < -0.3 is 0 Å². The summed E-state index contributed by atoms with van der Waals surface area (Å²) in [7, 11) is 0. The second-order valence-electron chi connectivity index (χ2n) is 4.66. The van der Waals surface area contributed by atoms with Crippen LogP contribution < -0.4 is 0 Å². The molecule has 0 aliphatic carbocycles. The first-order valence-electron chi connectivity index (χ1n) is 4.92.